The van der Waals surface area contributed by atoms with Crippen molar-refractivity contribution in [3.63, 3.8) is 0 Å². The molecule has 1 N–H and O–H groups in total. The van der Waals surface area contributed by atoms with Crippen molar-refractivity contribution in [1.82, 2.24) is 10.1 Å². The molecule has 1 aliphatic rings. The fourth-order valence-corrected chi connectivity index (χ4v) is 2.40. The van der Waals surface area contributed by atoms with E-state index in [9.17, 15) is 9.90 Å². The average molecular weight is 286 g/mol. The van der Waals surface area contributed by atoms with Gasteiger partial charge in [-0.3, -0.25) is 4.79 Å². The molecule has 0 radical (unpaired) electrons. The van der Waals surface area contributed by atoms with Crippen LogP contribution in [0.1, 0.15) is 24.4 Å². The van der Waals surface area contributed by atoms with E-state index in [-0.39, 0.29) is 17.6 Å². The summed E-state index contributed by atoms with van der Waals surface area (Å²) in [6.45, 7) is 4.57. The zero-order chi connectivity index (χ0) is 15.0. The zero-order valence-electron chi connectivity index (χ0n) is 12.1. The molecule has 0 atom stereocenters. The molecular formula is C16H18N2O3. The molecule has 2 aromatic rings. The van der Waals surface area contributed by atoms with Crippen LogP contribution in [0.4, 0.5) is 0 Å². The van der Waals surface area contributed by atoms with Crippen LogP contribution in [-0.2, 0) is 0 Å². The van der Waals surface area contributed by atoms with Crippen LogP contribution in [0.15, 0.2) is 40.9 Å². The van der Waals surface area contributed by atoms with Crippen molar-refractivity contribution < 1.29 is 14.4 Å². The van der Waals surface area contributed by atoms with Gasteiger partial charge in [-0.2, -0.15) is 0 Å². The predicted octanol–water partition coefficient (Wildman–Crippen LogP) is 2.18. The molecule has 0 aliphatic carbocycles. The van der Waals surface area contributed by atoms with Gasteiger partial charge in [0.15, 0.2) is 0 Å². The first-order valence-electron chi connectivity index (χ1n) is 7.03. The number of carbonyl (C=O) groups excluding carboxylic acids is 1. The minimum atomic E-state index is -0.780. The molecule has 1 aromatic heterocycles. The van der Waals surface area contributed by atoms with E-state index in [4.69, 9.17) is 4.52 Å². The number of aromatic nitrogens is 1. The lowest BCUT2D eigenvalue weighted by atomic mass is 9.83. The molecule has 2 heterocycles. The Bertz CT molecular complexity index is 643. The van der Waals surface area contributed by atoms with Crippen LogP contribution in [0.5, 0.6) is 0 Å². The lowest BCUT2D eigenvalue weighted by Gasteiger charge is -2.48. The van der Waals surface area contributed by atoms with E-state index in [1.54, 1.807) is 11.0 Å². The lowest BCUT2D eigenvalue weighted by molar-refractivity contribution is -0.111. The van der Waals surface area contributed by atoms with Gasteiger partial charge >= 0.3 is 0 Å². The van der Waals surface area contributed by atoms with E-state index >= 15 is 0 Å². The van der Waals surface area contributed by atoms with Crippen molar-refractivity contribution in [2.45, 2.75) is 19.4 Å². The second-order valence-electron chi connectivity index (χ2n) is 5.86. The molecule has 0 bridgehead atoms. The number of benzene rings is 1. The zero-order valence-corrected chi connectivity index (χ0v) is 12.1. The Hall–Kier alpha value is -2.14. The number of hydrogen-bond donors (Lipinski definition) is 1. The fourth-order valence-electron chi connectivity index (χ4n) is 2.40. The molecule has 0 spiro atoms. The number of nitrogens with zero attached hydrogens (tertiary/aromatic N) is 2. The lowest BCUT2D eigenvalue weighted by Crippen LogP contribution is -2.65. The summed E-state index contributed by atoms with van der Waals surface area (Å²) in [4.78, 5) is 13.8. The highest BCUT2D eigenvalue weighted by atomic mass is 16.5. The van der Waals surface area contributed by atoms with Crippen molar-refractivity contribution in [3.8, 4) is 11.3 Å². The third-order valence-electron chi connectivity index (χ3n) is 4.08. The molecule has 3 rings (SSSR count). The molecule has 1 fully saturated rings. The molecule has 1 aliphatic heterocycles. The maximum atomic E-state index is 12.3. The first kappa shape index (κ1) is 13.8. The quantitative estimate of drug-likeness (QED) is 0.939. The largest absolute Gasteiger partial charge is 0.386 e. The Morgan fingerprint density at radius 2 is 2.00 bits per heavy atom. The number of rotatable bonds is 3. The minimum absolute atomic E-state index is 0.121. The van der Waals surface area contributed by atoms with Gasteiger partial charge in [0.25, 0.3) is 5.91 Å². The number of aliphatic hydroxyl groups is 1. The van der Waals surface area contributed by atoms with Crippen molar-refractivity contribution in [2.75, 3.05) is 13.1 Å². The number of β-amino-alcohol motifs (C(OH)–C–C–N with tert-alkyl or cyclic N) is 1. The third-order valence-corrected chi connectivity index (χ3v) is 4.08. The van der Waals surface area contributed by atoms with Gasteiger partial charge in [0.2, 0.25) is 5.76 Å². The highest BCUT2D eigenvalue weighted by Crippen LogP contribution is 2.30. The Balaban J connectivity index is 1.72. The number of hydrogen-bond acceptors (Lipinski definition) is 4. The van der Waals surface area contributed by atoms with Crippen molar-refractivity contribution >= 4 is 5.91 Å². The van der Waals surface area contributed by atoms with E-state index in [1.165, 1.54) is 0 Å². The maximum Gasteiger partial charge on any atom is 0.292 e. The molecule has 1 saturated heterocycles. The summed E-state index contributed by atoms with van der Waals surface area (Å²) in [6, 6.07) is 11.2. The summed E-state index contributed by atoms with van der Waals surface area (Å²) in [5, 5.41) is 14.1. The van der Waals surface area contributed by atoms with Gasteiger partial charge < -0.3 is 14.5 Å². The van der Waals surface area contributed by atoms with Crippen LogP contribution < -0.4 is 0 Å². The molecule has 1 aromatic carbocycles. The first-order valence-corrected chi connectivity index (χ1v) is 7.03. The molecule has 0 unspecified atom stereocenters. The predicted molar refractivity (Wildman–Crippen MR) is 77.6 cm³/mol. The Labute approximate surface area is 123 Å². The van der Waals surface area contributed by atoms with Gasteiger partial charge in [-0.05, 0) is 5.92 Å². The molecule has 0 saturated carbocycles. The van der Waals surface area contributed by atoms with Gasteiger partial charge in [0.05, 0.1) is 13.1 Å². The summed E-state index contributed by atoms with van der Waals surface area (Å²) in [6.07, 6.45) is 0. The van der Waals surface area contributed by atoms with E-state index in [2.05, 4.69) is 5.16 Å². The summed E-state index contributed by atoms with van der Waals surface area (Å²) >= 11 is 0. The molecule has 5 nitrogen and oxygen atoms in total. The minimum Gasteiger partial charge on any atom is -0.386 e. The number of carbonyl (C=O) groups is 1. The Kier molecular flexibility index (Phi) is 3.29. The molecule has 1 amide bonds. The normalized spacial score (nSPS) is 16.9. The molecular weight excluding hydrogens is 268 g/mol. The second-order valence-corrected chi connectivity index (χ2v) is 5.86. The second kappa shape index (κ2) is 5.00. The van der Waals surface area contributed by atoms with Gasteiger partial charge in [-0.25, -0.2) is 0 Å². The number of likely N-dealkylation sites (tertiary alicyclic amines) is 1. The topological polar surface area (TPSA) is 66.6 Å². The molecule has 110 valence electrons. The SMILES string of the molecule is CC(C)C1(O)CN(C(=O)c2cc(-c3ccccc3)no2)C1. The maximum absolute atomic E-state index is 12.3. The molecule has 5 heteroatoms. The van der Waals surface area contributed by atoms with Crippen LogP contribution in [0, 0.1) is 5.92 Å². The van der Waals surface area contributed by atoms with Crippen LogP contribution >= 0.6 is 0 Å². The summed E-state index contributed by atoms with van der Waals surface area (Å²) in [7, 11) is 0. The third kappa shape index (κ3) is 2.45. The van der Waals surface area contributed by atoms with E-state index in [0.29, 0.717) is 18.8 Å². The number of amides is 1. The fraction of sp³-hybridized carbons (Fsp3) is 0.375. The van der Waals surface area contributed by atoms with Crippen molar-refractivity contribution in [3.05, 3.63) is 42.2 Å². The highest BCUT2D eigenvalue weighted by molar-refractivity contribution is 5.93. The van der Waals surface area contributed by atoms with Crippen LogP contribution in [0.2, 0.25) is 0 Å². The highest BCUT2D eigenvalue weighted by Gasteiger charge is 2.46. The monoisotopic (exact) mass is 286 g/mol. The van der Waals surface area contributed by atoms with E-state index in [1.807, 2.05) is 44.2 Å². The van der Waals surface area contributed by atoms with Gasteiger partial charge in [-0.1, -0.05) is 49.3 Å². The van der Waals surface area contributed by atoms with Gasteiger partial charge in [0, 0.05) is 11.6 Å². The van der Waals surface area contributed by atoms with Gasteiger partial charge in [0.1, 0.15) is 11.3 Å². The average Bonchev–Trinajstić information content (AvgIpc) is 2.93. The van der Waals surface area contributed by atoms with Crippen LogP contribution in [0.25, 0.3) is 11.3 Å². The van der Waals surface area contributed by atoms with E-state index in [0.717, 1.165) is 5.56 Å². The Morgan fingerprint density at radius 3 is 2.62 bits per heavy atom. The molecule has 21 heavy (non-hydrogen) atoms. The first-order chi connectivity index (χ1) is 9.99. The summed E-state index contributed by atoms with van der Waals surface area (Å²) in [5.74, 6) is 0.103. The van der Waals surface area contributed by atoms with Crippen LogP contribution in [0.3, 0.4) is 0 Å². The standard InChI is InChI=1S/C16H18N2O3/c1-11(2)16(20)9-18(10-16)15(19)14-8-13(17-21-14)12-6-4-3-5-7-12/h3-8,11,20H,9-10H2,1-2H3. The van der Waals surface area contributed by atoms with Crippen LogP contribution in [-0.4, -0.2) is 39.8 Å². The van der Waals surface area contributed by atoms with Crippen molar-refractivity contribution in [2.24, 2.45) is 5.92 Å². The Morgan fingerprint density at radius 1 is 1.33 bits per heavy atom. The van der Waals surface area contributed by atoms with E-state index < -0.39 is 5.60 Å². The summed E-state index contributed by atoms with van der Waals surface area (Å²) in [5.41, 5.74) is 0.763. The van der Waals surface area contributed by atoms with Gasteiger partial charge in [-0.15, -0.1) is 0 Å². The van der Waals surface area contributed by atoms with Crippen molar-refractivity contribution in [1.29, 1.82) is 0 Å². The smallest absolute Gasteiger partial charge is 0.292 e. The summed E-state index contributed by atoms with van der Waals surface area (Å²) < 4.78 is 5.14.